The number of guanidine groups is 1. The Kier molecular flexibility index (Phi) is 9.07. The van der Waals surface area contributed by atoms with E-state index in [4.69, 9.17) is 4.74 Å². The van der Waals surface area contributed by atoms with Crippen LogP contribution in [0.3, 0.4) is 0 Å². The molecule has 2 heterocycles. The van der Waals surface area contributed by atoms with E-state index in [-0.39, 0.29) is 12.5 Å². The zero-order valence-corrected chi connectivity index (χ0v) is 17.8. The molecule has 0 aliphatic carbocycles. The monoisotopic (exact) mass is 394 g/mol. The van der Waals surface area contributed by atoms with Crippen molar-refractivity contribution in [3.63, 3.8) is 0 Å². The van der Waals surface area contributed by atoms with Gasteiger partial charge in [-0.1, -0.05) is 32.8 Å². The second kappa shape index (κ2) is 11.3. The van der Waals surface area contributed by atoms with Crippen molar-refractivity contribution in [2.24, 2.45) is 10.9 Å². The highest BCUT2D eigenvalue weighted by Gasteiger charge is 2.28. The van der Waals surface area contributed by atoms with E-state index in [1.165, 1.54) is 4.88 Å². The van der Waals surface area contributed by atoms with Gasteiger partial charge in [0.25, 0.3) is 0 Å². The Morgan fingerprint density at radius 3 is 2.81 bits per heavy atom. The number of aliphatic imine (C=N–C) groups is 1. The van der Waals surface area contributed by atoms with Crippen LogP contribution >= 0.6 is 11.3 Å². The van der Waals surface area contributed by atoms with Gasteiger partial charge >= 0.3 is 0 Å². The molecule has 2 rings (SSSR count). The van der Waals surface area contributed by atoms with Crippen molar-refractivity contribution < 1.29 is 9.53 Å². The smallest absolute Gasteiger partial charge is 0.243 e. The van der Waals surface area contributed by atoms with Crippen molar-refractivity contribution in [1.82, 2.24) is 15.5 Å². The predicted octanol–water partition coefficient (Wildman–Crippen LogP) is 2.86. The molecule has 7 heteroatoms. The molecule has 27 heavy (non-hydrogen) atoms. The van der Waals surface area contributed by atoms with Gasteiger partial charge in [-0.15, -0.1) is 11.3 Å². The van der Waals surface area contributed by atoms with Gasteiger partial charge < -0.3 is 20.3 Å². The van der Waals surface area contributed by atoms with Gasteiger partial charge in [-0.05, 0) is 30.2 Å². The van der Waals surface area contributed by atoms with Gasteiger partial charge in [0.05, 0.1) is 12.6 Å². The van der Waals surface area contributed by atoms with Gasteiger partial charge in [-0.2, -0.15) is 0 Å². The number of carbonyl (C=O) groups is 1. The maximum absolute atomic E-state index is 11.9. The van der Waals surface area contributed by atoms with Crippen LogP contribution in [0.15, 0.2) is 22.5 Å². The summed E-state index contributed by atoms with van der Waals surface area (Å²) in [6.45, 7) is 6.09. The van der Waals surface area contributed by atoms with Crippen molar-refractivity contribution in [2.75, 3.05) is 27.2 Å². The average Bonchev–Trinajstić information content (AvgIpc) is 3.18. The molecule has 1 aromatic rings. The van der Waals surface area contributed by atoms with Gasteiger partial charge in [0.2, 0.25) is 5.91 Å². The summed E-state index contributed by atoms with van der Waals surface area (Å²) in [6, 6.07) is 4.45. The minimum atomic E-state index is -0.00546. The van der Waals surface area contributed by atoms with E-state index in [1.807, 2.05) is 6.07 Å². The lowest BCUT2D eigenvalue weighted by molar-refractivity contribution is -0.127. The number of nitrogens with one attached hydrogen (secondary N) is 2. The van der Waals surface area contributed by atoms with Crippen LogP contribution in [-0.4, -0.2) is 56.2 Å². The molecule has 0 spiro atoms. The number of hydrogen-bond acceptors (Lipinski definition) is 4. The van der Waals surface area contributed by atoms with E-state index < -0.39 is 0 Å². The van der Waals surface area contributed by atoms with E-state index in [9.17, 15) is 4.79 Å². The molecule has 152 valence electrons. The summed E-state index contributed by atoms with van der Waals surface area (Å²) < 4.78 is 6.02. The van der Waals surface area contributed by atoms with Crippen LogP contribution in [0.25, 0.3) is 0 Å². The molecule has 2 atom stereocenters. The highest BCUT2D eigenvalue weighted by atomic mass is 32.1. The van der Waals surface area contributed by atoms with Crippen molar-refractivity contribution in [3.8, 4) is 0 Å². The first-order chi connectivity index (χ1) is 13.0. The summed E-state index contributed by atoms with van der Waals surface area (Å²) in [7, 11) is 3.51. The molecule has 0 aromatic carbocycles. The summed E-state index contributed by atoms with van der Waals surface area (Å²) in [6.07, 6.45) is 4.52. The highest BCUT2D eigenvalue weighted by Crippen LogP contribution is 2.25. The minimum Gasteiger partial charge on any atom is -0.378 e. The topological polar surface area (TPSA) is 66.0 Å². The van der Waals surface area contributed by atoms with E-state index in [2.05, 4.69) is 40.9 Å². The fourth-order valence-electron chi connectivity index (χ4n) is 3.32. The molecule has 1 aliphatic rings. The molecule has 1 fully saturated rings. The number of ether oxygens (including phenoxy) is 1. The van der Waals surface area contributed by atoms with Crippen molar-refractivity contribution in [1.29, 1.82) is 0 Å². The zero-order valence-electron chi connectivity index (χ0n) is 17.0. The Hall–Kier alpha value is -1.60. The van der Waals surface area contributed by atoms with Crippen LogP contribution in [0, 0.1) is 5.92 Å². The number of likely N-dealkylation sites (N-methyl/N-ethyl adjacent to an activating group) is 1. The number of rotatable bonds is 8. The van der Waals surface area contributed by atoms with Crippen LogP contribution in [-0.2, 0) is 16.1 Å². The Bertz CT molecular complexity index is 585. The maximum Gasteiger partial charge on any atom is 0.243 e. The quantitative estimate of drug-likeness (QED) is 0.526. The first-order valence-electron chi connectivity index (χ1n) is 9.92. The largest absolute Gasteiger partial charge is 0.378 e. The molecule has 6 nitrogen and oxygen atoms in total. The average molecular weight is 395 g/mol. The number of carbonyl (C=O) groups excluding carboxylic acids is 1. The lowest BCUT2D eigenvalue weighted by atomic mass is 9.89. The molecular weight excluding hydrogens is 360 g/mol. The zero-order chi connectivity index (χ0) is 19.6. The lowest BCUT2D eigenvalue weighted by Gasteiger charge is -2.35. The van der Waals surface area contributed by atoms with Crippen LogP contribution in [0.2, 0.25) is 0 Å². The van der Waals surface area contributed by atoms with Gasteiger partial charge in [-0.25, -0.2) is 4.99 Å². The maximum atomic E-state index is 11.9. The third-order valence-electron chi connectivity index (χ3n) is 5.11. The summed E-state index contributed by atoms with van der Waals surface area (Å²) in [5.74, 6) is 1.30. The first kappa shape index (κ1) is 21.7. The van der Waals surface area contributed by atoms with Crippen molar-refractivity contribution >= 4 is 23.2 Å². The Labute approximate surface area is 167 Å². The number of hydrogen-bond donors (Lipinski definition) is 2. The van der Waals surface area contributed by atoms with Gasteiger partial charge in [0.15, 0.2) is 5.96 Å². The van der Waals surface area contributed by atoms with Crippen LogP contribution in [0.4, 0.5) is 0 Å². The van der Waals surface area contributed by atoms with Crippen molar-refractivity contribution in [2.45, 2.75) is 58.2 Å². The van der Waals surface area contributed by atoms with Gasteiger partial charge in [0.1, 0.15) is 6.54 Å². The standard InChI is InChI=1S/C20H34N4O2S/c1-5-15(6-2)18-12-16(9-10-26-18)23-20(22-14-19(25)24(3)4)21-13-17-8-7-11-27-17/h7-8,11,15-16,18H,5-6,9-10,12-14H2,1-4H3,(H2,21,22,23). The van der Waals surface area contributed by atoms with E-state index in [0.717, 1.165) is 32.3 Å². The Morgan fingerprint density at radius 2 is 2.19 bits per heavy atom. The third kappa shape index (κ3) is 7.14. The highest BCUT2D eigenvalue weighted by molar-refractivity contribution is 7.09. The van der Waals surface area contributed by atoms with Crippen LogP contribution in [0.5, 0.6) is 0 Å². The fraction of sp³-hybridized carbons (Fsp3) is 0.700. The van der Waals surface area contributed by atoms with Gasteiger partial charge in [0, 0.05) is 31.6 Å². The fourth-order valence-corrected chi connectivity index (χ4v) is 3.96. The van der Waals surface area contributed by atoms with Crippen molar-refractivity contribution in [3.05, 3.63) is 22.4 Å². The summed E-state index contributed by atoms with van der Waals surface area (Å²) in [5, 5.41) is 8.98. The summed E-state index contributed by atoms with van der Waals surface area (Å²) in [4.78, 5) is 19.3. The lowest BCUT2D eigenvalue weighted by Crippen LogP contribution is -2.48. The second-order valence-electron chi connectivity index (χ2n) is 7.24. The summed E-state index contributed by atoms with van der Waals surface area (Å²) in [5.41, 5.74) is 0. The van der Waals surface area contributed by atoms with Gasteiger partial charge in [-0.3, -0.25) is 4.79 Å². The molecule has 1 aliphatic heterocycles. The third-order valence-corrected chi connectivity index (χ3v) is 5.99. The van der Waals surface area contributed by atoms with E-state index in [1.54, 1.807) is 30.3 Å². The number of amides is 1. The molecule has 1 saturated heterocycles. The predicted molar refractivity (Wildman–Crippen MR) is 112 cm³/mol. The molecular formula is C20H34N4O2S. The molecule has 0 radical (unpaired) electrons. The molecule has 2 unspecified atom stereocenters. The first-order valence-corrected chi connectivity index (χ1v) is 10.8. The SMILES string of the molecule is CCC(CC)C1CC(NC(=NCC(=O)N(C)C)NCc2cccs2)CCO1. The molecule has 1 amide bonds. The normalized spacial score (nSPS) is 20.6. The molecule has 1 aromatic heterocycles. The second-order valence-corrected chi connectivity index (χ2v) is 8.27. The molecule has 0 bridgehead atoms. The molecule has 0 saturated carbocycles. The summed E-state index contributed by atoms with van der Waals surface area (Å²) >= 11 is 1.71. The van der Waals surface area contributed by atoms with Crippen LogP contribution < -0.4 is 10.6 Å². The molecule has 2 N–H and O–H groups in total. The van der Waals surface area contributed by atoms with Crippen LogP contribution in [0.1, 0.15) is 44.4 Å². The van der Waals surface area contributed by atoms with E-state index in [0.29, 0.717) is 30.6 Å². The number of thiophene rings is 1. The number of nitrogens with zero attached hydrogens (tertiary/aromatic N) is 2. The Balaban J connectivity index is 1.98. The minimum absolute atomic E-state index is 0.00546. The van der Waals surface area contributed by atoms with E-state index >= 15 is 0 Å². The Morgan fingerprint density at radius 1 is 1.41 bits per heavy atom.